The minimum absolute atomic E-state index is 0.0435. The Morgan fingerprint density at radius 1 is 1.33 bits per heavy atom. The number of H-pyrrole nitrogens is 1. The van der Waals surface area contributed by atoms with Crippen LogP contribution in [0.3, 0.4) is 0 Å². The number of fused-ring (bicyclic) bond motifs is 1. The first-order valence-electron chi connectivity index (χ1n) is 5.25. The molecule has 90 valence electrons. The van der Waals surface area contributed by atoms with Gasteiger partial charge in [-0.05, 0) is 18.2 Å². The molecular formula is C13H8FNO3. The van der Waals surface area contributed by atoms with E-state index in [0.717, 1.165) is 0 Å². The molecule has 1 aromatic carbocycles. The molecule has 0 saturated carbocycles. The van der Waals surface area contributed by atoms with Gasteiger partial charge in [0, 0.05) is 5.39 Å². The van der Waals surface area contributed by atoms with E-state index in [1.807, 2.05) is 0 Å². The van der Waals surface area contributed by atoms with Gasteiger partial charge >= 0.3 is 5.97 Å². The lowest BCUT2D eigenvalue weighted by Gasteiger charge is -1.94. The van der Waals surface area contributed by atoms with Crippen LogP contribution in [-0.2, 0) is 0 Å². The maximum Gasteiger partial charge on any atom is 0.339 e. The number of carbonyl (C=O) groups is 1. The van der Waals surface area contributed by atoms with Gasteiger partial charge in [-0.15, -0.1) is 0 Å². The average molecular weight is 245 g/mol. The zero-order chi connectivity index (χ0) is 12.7. The molecular weight excluding hydrogens is 237 g/mol. The van der Waals surface area contributed by atoms with E-state index < -0.39 is 5.97 Å². The molecule has 3 rings (SSSR count). The van der Waals surface area contributed by atoms with Gasteiger partial charge in [0.2, 0.25) is 0 Å². The van der Waals surface area contributed by atoms with E-state index in [4.69, 9.17) is 9.52 Å². The van der Waals surface area contributed by atoms with Gasteiger partial charge in [0.05, 0.1) is 17.5 Å². The average Bonchev–Trinajstić information content (AvgIpc) is 2.95. The Balaban J connectivity index is 2.23. The van der Waals surface area contributed by atoms with E-state index >= 15 is 0 Å². The van der Waals surface area contributed by atoms with Crippen LogP contribution in [0.1, 0.15) is 10.4 Å². The lowest BCUT2D eigenvalue weighted by molar-refractivity contribution is 0.0697. The summed E-state index contributed by atoms with van der Waals surface area (Å²) in [4.78, 5) is 13.8. The van der Waals surface area contributed by atoms with Crippen molar-refractivity contribution in [3.63, 3.8) is 0 Å². The number of nitrogens with one attached hydrogen (secondary N) is 1. The van der Waals surface area contributed by atoms with E-state index in [0.29, 0.717) is 16.6 Å². The molecule has 3 aromatic rings. The third-order valence-electron chi connectivity index (χ3n) is 2.75. The summed E-state index contributed by atoms with van der Waals surface area (Å²) in [5.74, 6) is -1.28. The smallest absolute Gasteiger partial charge is 0.339 e. The van der Waals surface area contributed by atoms with Crippen molar-refractivity contribution in [1.29, 1.82) is 0 Å². The van der Waals surface area contributed by atoms with E-state index in [1.54, 1.807) is 18.2 Å². The molecule has 0 spiro atoms. The van der Waals surface area contributed by atoms with Crippen molar-refractivity contribution >= 4 is 16.9 Å². The summed E-state index contributed by atoms with van der Waals surface area (Å²) in [5.41, 5.74) is 0.819. The normalized spacial score (nSPS) is 10.9. The number of aromatic nitrogens is 1. The van der Waals surface area contributed by atoms with Crippen molar-refractivity contribution in [3.8, 4) is 11.5 Å². The van der Waals surface area contributed by atoms with Crippen LogP contribution in [0.4, 0.5) is 4.39 Å². The summed E-state index contributed by atoms with van der Waals surface area (Å²) >= 11 is 0. The molecule has 18 heavy (non-hydrogen) atoms. The van der Waals surface area contributed by atoms with Gasteiger partial charge in [0.1, 0.15) is 11.4 Å². The predicted molar refractivity (Wildman–Crippen MR) is 62.9 cm³/mol. The number of aromatic carboxylic acids is 1. The highest BCUT2D eigenvalue weighted by Crippen LogP contribution is 2.28. The van der Waals surface area contributed by atoms with Crippen molar-refractivity contribution in [2.75, 3.05) is 0 Å². The van der Waals surface area contributed by atoms with E-state index in [1.165, 1.54) is 18.4 Å². The highest BCUT2D eigenvalue weighted by molar-refractivity contribution is 5.96. The van der Waals surface area contributed by atoms with Crippen LogP contribution in [0.15, 0.2) is 41.0 Å². The molecule has 0 aliphatic carbocycles. The summed E-state index contributed by atoms with van der Waals surface area (Å²) in [5, 5.41) is 9.66. The fourth-order valence-corrected chi connectivity index (χ4v) is 1.93. The second kappa shape index (κ2) is 3.73. The number of furan rings is 1. The van der Waals surface area contributed by atoms with Gasteiger partial charge in [-0.2, -0.15) is 0 Å². The number of hydrogen-bond acceptors (Lipinski definition) is 2. The summed E-state index contributed by atoms with van der Waals surface area (Å²) in [6, 6.07) is 7.68. The van der Waals surface area contributed by atoms with Crippen molar-refractivity contribution in [2.45, 2.75) is 0 Å². The van der Waals surface area contributed by atoms with Crippen molar-refractivity contribution in [1.82, 2.24) is 4.98 Å². The molecule has 0 saturated heterocycles. The Labute approximate surface area is 101 Å². The Hall–Kier alpha value is -2.56. The topological polar surface area (TPSA) is 66.2 Å². The molecule has 0 fully saturated rings. The largest absolute Gasteiger partial charge is 0.478 e. The first-order valence-corrected chi connectivity index (χ1v) is 5.25. The lowest BCUT2D eigenvalue weighted by atomic mass is 10.2. The number of para-hydroxylation sites is 1. The standard InChI is InChI=1S/C13H8FNO3/c14-9-3-1-2-7-6-10(15-11(7)9)12-8(13(16)17)4-5-18-12/h1-6,15H,(H,16,17). The first-order chi connectivity index (χ1) is 8.66. The lowest BCUT2D eigenvalue weighted by Crippen LogP contribution is -1.95. The third kappa shape index (κ3) is 1.48. The fourth-order valence-electron chi connectivity index (χ4n) is 1.93. The minimum Gasteiger partial charge on any atom is -0.478 e. The highest BCUT2D eigenvalue weighted by Gasteiger charge is 2.17. The van der Waals surface area contributed by atoms with Crippen LogP contribution >= 0.6 is 0 Å². The van der Waals surface area contributed by atoms with Gasteiger partial charge in [-0.1, -0.05) is 12.1 Å². The van der Waals surface area contributed by atoms with Crippen LogP contribution in [0.5, 0.6) is 0 Å². The van der Waals surface area contributed by atoms with Crippen LogP contribution in [0, 0.1) is 5.82 Å². The highest BCUT2D eigenvalue weighted by atomic mass is 19.1. The second-order valence-electron chi connectivity index (χ2n) is 3.86. The van der Waals surface area contributed by atoms with Crippen LogP contribution < -0.4 is 0 Å². The molecule has 4 nitrogen and oxygen atoms in total. The Morgan fingerprint density at radius 2 is 2.17 bits per heavy atom. The van der Waals surface area contributed by atoms with Gasteiger partial charge in [-0.25, -0.2) is 9.18 Å². The number of carboxylic acid groups (broad SMARTS) is 1. The SMILES string of the molecule is O=C(O)c1ccoc1-c1cc2cccc(F)c2[nH]1. The molecule has 0 radical (unpaired) electrons. The Morgan fingerprint density at radius 3 is 2.89 bits per heavy atom. The summed E-state index contributed by atoms with van der Waals surface area (Å²) in [6.45, 7) is 0. The van der Waals surface area contributed by atoms with Gasteiger partial charge < -0.3 is 14.5 Å². The molecule has 5 heteroatoms. The quantitative estimate of drug-likeness (QED) is 0.728. The molecule has 0 unspecified atom stereocenters. The maximum absolute atomic E-state index is 13.5. The summed E-state index contributed by atoms with van der Waals surface area (Å²) in [7, 11) is 0. The molecule has 0 aliphatic heterocycles. The zero-order valence-electron chi connectivity index (χ0n) is 9.11. The van der Waals surface area contributed by atoms with E-state index in [9.17, 15) is 9.18 Å². The van der Waals surface area contributed by atoms with Crippen molar-refractivity contribution in [2.24, 2.45) is 0 Å². The van der Waals surface area contributed by atoms with Crippen molar-refractivity contribution < 1.29 is 18.7 Å². The number of carboxylic acids is 1. The maximum atomic E-state index is 13.5. The minimum atomic E-state index is -1.09. The number of benzene rings is 1. The van der Waals surface area contributed by atoms with Gasteiger partial charge in [0.15, 0.2) is 5.76 Å². The van der Waals surface area contributed by atoms with Crippen LogP contribution in [0.25, 0.3) is 22.4 Å². The Kier molecular flexibility index (Phi) is 2.19. The number of halogens is 1. The molecule has 0 aliphatic rings. The first kappa shape index (κ1) is 10.6. The van der Waals surface area contributed by atoms with Crippen LogP contribution in [0.2, 0.25) is 0 Å². The molecule has 0 atom stereocenters. The molecule has 2 heterocycles. The summed E-state index contributed by atoms with van der Waals surface area (Å²) in [6.07, 6.45) is 1.29. The summed E-state index contributed by atoms with van der Waals surface area (Å²) < 4.78 is 18.7. The molecule has 0 amide bonds. The number of rotatable bonds is 2. The molecule has 2 aromatic heterocycles. The molecule has 2 N–H and O–H groups in total. The number of hydrogen-bond donors (Lipinski definition) is 2. The van der Waals surface area contributed by atoms with Crippen LogP contribution in [-0.4, -0.2) is 16.1 Å². The predicted octanol–water partition coefficient (Wildman–Crippen LogP) is 3.27. The number of aromatic amines is 1. The fraction of sp³-hybridized carbons (Fsp3) is 0. The van der Waals surface area contributed by atoms with E-state index in [-0.39, 0.29) is 17.1 Å². The third-order valence-corrected chi connectivity index (χ3v) is 2.75. The monoisotopic (exact) mass is 245 g/mol. The van der Waals surface area contributed by atoms with E-state index in [2.05, 4.69) is 4.98 Å². The van der Waals surface area contributed by atoms with Gasteiger partial charge in [0.25, 0.3) is 0 Å². The van der Waals surface area contributed by atoms with Gasteiger partial charge in [-0.3, -0.25) is 0 Å². The molecule has 0 bridgehead atoms. The van der Waals surface area contributed by atoms with Crippen molar-refractivity contribution in [3.05, 3.63) is 48.0 Å². The zero-order valence-corrected chi connectivity index (χ0v) is 9.11. The second-order valence-corrected chi connectivity index (χ2v) is 3.86. The Bertz CT molecular complexity index is 742.